The minimum absolute atomic E-state index is 0. The van der Waals surface area contributed by atoms with Gasteiger partial charge in [-0.05, 0) is 0 Å². The van der Waals surface area contributed by atoms with Gasteiger partial charge in [0.2, 0.25) is 0 Å². The summed E-state index contributed by atoms with van der Waals surface area (Å²) in [6, 6.07) is 0. The molecule has 0 heterocycles. The second-order valence-corrected chi connectivity index (χ2v) is 0. The van der Waals surface area contributed by atoms with Crippen LogP contribution in [0.3, 0.4) is 0 Å². The molecule has 0 spiro atoms. The van der Waals surface area contributed by atoms with Gasteiger partial charge in [0.25, 0.3) is 0 Å². The molecule has 0 aliphatic heterocycles. The Labute approximate surface area is 111 Å². The first kappa shape index (κ1) is 25.6. The molecule has 0 aromatic carbocycles. The van der Waals surface area contributed by atoms with Gasteiger partial charge in [0.15, 0.2) is 0 Å². The monoisotopic (exact) mass is 390 g/mol. The Morgan fingerprint density at radius 1 is 1.00 bits per heavy atom. The molecule has 0 aromatic rings. The number of hydrogen-bond donors (Lipinski definition) is 0. The van der Waals surface area contributed by atoms with E-state index in [4.69, 9.17) is 0 Å². The normalized spacial score (nSPS) is 0. The van der Waals surface area contributed by atoms with Crippen LogP contribution in [-0.2, 0) is 32.7 Å². The summed E-state index contributed by atoms with van der Waals surface area (Å²) >= 11 is 0. The molecule has 0 fully saturated rings. The van der Waals surface area contributed by atoms with Gasteiger partial charge in [0.05, 0.1) is 0 Å². The van der Waals surface area contributed by atoms with Gasteiger partial charge in [-0.2, -0.15) is 0 Å². The Bertz CT molecular complexity index is 8.00. The van der Waals surface area contributed by atoms with Crippen molar-refractivity contribution in [2.75, 3.05) is 0 Å². The van der Waals surface area contributed by atoms with Gasteiger partial charge < -0.3 is 0 Å². The molecule has 0 atom stereocenters. The van der Waals surface area contributed by atoms with E-state index in [9.17, 15) is 0 Å². The summed E-state index contributed by atoms with van der Waals surface area (Å²) in [5, 5.41) is 0. The number of rotatable bonds is 0. The summed E-state index contributed by atoms with van der Waals surface area (Å²) < 4.78 is 0. The summed E-state index contributed by atoms with van der Waals surface area (Å²) in [5.74, 6) is 0. The zero-order valence-corrected chi connectivity index (χ0v) is 11.7. The zero-order chi connectivity index (χ0) is 0. The molecule has 0 saturated heterocycles. The van der Waals surface area contributed by atoms with Gasteiger partial charge >= 0.3 is 0 Å². The maximum Gasteiger partial charge on any atom is 0 e. The van der Waals surface area contributed by atoms with E-state index in [1.54, 1.807) is 0 Å². The van der Waals surface area contributed by atoms with Crippen molar-refractivity contribution in [3.63, 3.8) is 0 Å². The van der Waals surface area contributed by atoms with Crippen molar-refractivity contribution < 1.29 is 114 Å². The van der Waals surface area contributed by atoms with Gasteiger partial charge in [0, 0.05) is 109 Å². The molecule has 0 aliphatic rings. The molecule has 18 valence electrons. The van der Waals surface area contributed by atoms with Crippen LogP contribution in [0.15, 0.2) is 0 Å². The molecule has 0 bridgehead atoms. The van der Waals surface area contributed by atoms with Crippen LogP contribution >= 0.6 is 0 Å². The molecular weight excluding hydrogens is 391 g/mol. The van der Waals surface area contributed by atoms with E-state index in [0.29, 0.717) is 0 Å². The molecule has 2 radical (unpaired) electrons. The molecule has 0 aromatic heterocycles. The van der Waals surface area contributed by atoms with Crippen molar-refractivity contribution in [1.82, 2.24) is 0 Å². The maximum atomic E-state index is 0. The minimum atomic E-state index is 0. The Morgan fingerprint density at radius 3 is 1.00 bits per heavy atom. The zero-order valence-electron chi connectivity index (χ0n) is 2.06. The van der Waals surface area contributed by atoms with E-state index in [1.165, 1.54) is 0 Å². The van der Waals surface area contributed by atoms with Crippen molar-refractivity contribution in [1.29, 1.82) is 0 Å². The van der Waals surface area contributed by atoms with Gasteiger partial charge in [-0.1, -0.05) is 0 Å². The molecule has 0 nitrogen and oxygen atoms in total. The first-order valence-corrected chi connectivity index (χ1v) is 0. The largest absolute Gasteiger partial charge is 0.269 e. The predicted octanol–water partition coefficient (Wildman–Crippen LogP) is 0.150. The van der Waals surface area contributed by atoms with Gasteiger partial charge in [0.1, 0.15) is 0 Å². The Hall–Kier alpha value is 3.58. The molecule has 0 rings (SSSR count). The summed E-state index contributed by atoms with van der Waals surface area (Å²) in [7, 11) is 0. The molecule has 0 unspecified atom stereocenters. The van der Waals surface area contributed by atoms with Crippen LogP contribution < -0.4 is 0 Å². The van der Waals surface area contributed by atoms with Crippen molar-refractivity contribution in [3.8, 4) is 0 Å². The third kappa shape index (κ3) is 9.13. The van der Waals surface area contributed by atoms with E-state index in [2.05, 4.69) is 0 Å². The predicted molar refractivity (Wildman–Crippen MR) is 2.50 cm³/mol. The van der Waals surface area contributed by atoms with Crippen molar-refractivity contribution >= 4 is 0 Å². The van der Waals surface area contributed by atoms with Gasteiger partial charge in [-0.15, -0.1) is 0 Å². The van der Waals surface area contributed by atoms with Gasteiger partial charge in [-0.3, -0.25) is 4.70 Å². The van der Waals surface area contributed by atoms with Crippen LogP contribution in [0.2, 0.25) is 0 Å². The van der Waals surface area contributed by atoms with Gasteiger partial charge in [-0.25, -0.2) is 0 Å². The molecule has 0 amide bonds. The van der Waals surface area contributed by atoms with E-state index >= 15 is 0 Å². The van der Waals surface area contributed by atoms with Crippen LogP contribution in [0.1, 0.15) is 0 Å². The summed E-state index contributed by atoms with van der Waals surface area (Å²) in [6.07, 6.45) is 0. The van der Waals surface area contributed by atoms with Crippen LogP contribution in [0, 0.1) is 76.4 Å². The fraction of sp³-hybridized carbons (Fsp3) is 0. The molecule has 4 heavy (non-hydrogen) atoms. The molecular formula is HFLaNdY. The first-order chi connectivity index (χ1) is 0. The molecule has 0 N–H and O–H groups in total. The van der Waals surface area contributed by atoms with Crippen LogP contribution in [0.25, 0.3) is 0 Å². The smallest absolute Gasteiger partial charge is 0 e. The SMILES string of the molecule is F.[La].[Nd].[Y]. The summed E-state index contributed by atoms with van der Waals surface area (Å²) in [4.78, 5) is 0. The Kier molecular flexibility index (Phi) is 102. The fourth-order valence-corrected chi connectivity index (χ4v) is 0. The third-order valence-corrected chi connectivity index (χ3v) is 0. The second kappa shape index (κ2) is 16.0. The van der Waals surface area contributed by atoms with Crippen molar-refractivity contribution in [2.45, 2.75) is 0 Å². The minimum Gasteiger partial charge on any atom is -0.269 e. The third-order valence-electron chi connectivity index (χ3n) is 0. The van der Waals surface area contributed by atoms with E-state index in [0.717, 1.165) is 0 Å². The summed E-state index contributed by atoms with van der Waals surface area (Å²) in [6.45, 7) is 0. The topological polar surface area (TPSA) is 0 Å². The van der Waals surface area contributed by atoms with Crippen LogP contribution in [0.5, 0.6) is 0 Å². The number of hydrogen-bond acceptors (Lipinski definition) is 0. The van der Waals surface area contributed by atoms with Crippen molar-refractivity contribution in [2.24, 2.45) is 0 Å². The molecule has 0 saturated carbocycles. The van der Waals surface area contributed by atoms with E-state index < -0.39 is 0 Å². The first-order valence-electron chi connectivity index (χ1n) is 0. The quantitative estimate of drug-likeness (QED) is 0.551. The fourth-order valence-electron chi connectivity index (χ4n) is 0. The number of halogens is 1. The Balaban J connectivity index is 0. The van der Waals surface area contributed by atoms with E-state index in [-0.39, 0.29) is 114 Å². The standard InChI is InChI=1S/FH.La.Nd.Y/h1H;;;. The average Bonchev–Trinajstić information content (AvgIpc) is 0. The van der Waals surface area contributed by atoms with E-state index in [1.807, 2.05) is 0 Å². The second-order valence-electron chi connectivity index (χ2n) is 0. The molecule has 0 aliphatic carbocycles. The van der Waals surface area contributed by atoms with Crippen molar-refractivity contribution in [3.05, 3.63) is 0 Å². The maximum absolute atomic E-state index is 0. The summed E-state index contributed by atoms with van der Waals surface area (Å²) in [5.41, 5.74) is 0. The molecule has 4 heteroatoms. The van der Waals surface area contributed by atoms with Crippen LogP contribution in [0.4, 0.5) is 4.70 Å². The Morgan fingerprint density at radius 2 is 1.00 bits per heavy atom. The average molecular weight is 392 g/mol. The van der Waals surface area contributed by atoms with Crippen LogP contribution in [-0.4, -0.2) is 0 Å².